The number of hydrogen-bond donors (Lipinski definition) is 1. The zero-order chi connectivity index (χ0) is 21.7. The lowest BCUT2D eigenvalue weighted by Crippen LogP contribution is -2.39. The number of rotatable bonds is 4. The molecule has 1 N–H and O–H groups in total. The van der Waals surface area contributed by atoms with E-state index in [0.717, 1.165) is 10.1 Å². The van der Waals surface area contributed by atoms with Gasteiger partial charge in [0, 0.05) is 13.6 Å². The van der Waals surface area contributed by atoms with Crippen molar-refractivity contribution in [1.29, 1.82) is 0 Å². The molecule has 0 fully saturated rings. The van der Waals surface area contributed by atoms with Crippen LogP contribution in [0.25, 0.3) is 16.9 Å². The quantitative estimate of drug-likeness (QED) is 0.546. The Morgan fingerprint density at radius 1 is 1.03 bits per heavy atom. The molecule has 0 atom stereocenters. The largest absolute Gasteiger partial charge is 0.494 e. The van der Waals surface area contributed by atoms with E-state index in [-0.39, 0.29) is 40.8 Å². The molecule has 4 rings (SSSR count). The monoisotopic (exact) mass is 409 g/mol. The van der Waals surface area contributed by atoms with E-state index < -0.39 is 16.8 Å². The van der Waals surface area contributed by atoms with Gasteiger partial charge in [-0.05, 0) is 18.4 Å². The predicted octanol–water partition coefficient (Wildman–Crippen LogP) is 1.23. The van der Waals surface area contributed by atoms with Crippen molar-refractivity contribution in [2.45, 2.75) is 33.9 Å². The fourth-order valence-corrected chi connectivity index (χ4v) is 3.67. The minimum Gasteiger partial charge on any atom is -0.494 e. The summed E-state index contributed by atoms with van der Waals surface area (Å²) in [5.41, 5.74) is -0.296. The first kappa shape index (κ1) is 19.7. The lowest BCUT2D eigenvalue weighted by molar-refractivity contribution is 0.437. The second kappa shape index (κ2) is 7.01. The summed E-state index contributed by atoms with van der Waals surface area (Å²) >= 11 is 0. The first-order valence-electron chi connectivity index (χ1n) is 9.70. The number of hydrogen-bond acceptors (Lipinski definition) is 5. The fourth-order valence-electron chi connectivity index (χ4n) is 3.67. The molecule has 30 heavy (non-hydrogen) atoms. The Hall–Kier alpha value is -3.62. The summed E-state index contributed by atoms with van der Waals surface area (Å²) in [4.78, 5) is 43.2. The van der Waals surface area contributed by atoms with Crippen molar-refractivity contribution in [3.63, 3.8) is 0 Å². The minimum absolute atomic E-state index is 0.0650. The van der Waals surface area contributed by atoms with Crippen molar-refractivity contribution in [1.82, 2.24) is 23.1 Å². The van der Waals surface area contributed by atoms with E-state index in [9.17, 15) is 19.5 Å². The van der Waals surface area contributed by atoms with Gasteiger partial charge in [0.2, 0.25) is 11.7 Å². The number of aromatic hydroxyl groups is 1. The maximum atomic E-state index is 13.0. The van der Waals surface area contributed by atoms with Crippen LogP contribution in [0.5, 0.6) is 5.88 Å². The van der Waals surface area contributed by atoms with Crippen LogP contribution in [-0.2, 0) is 20.1 Å². The molecule has 0 unspecified atom stereocenters. The third kappa shape index (κ3) is 2.85. The topological polar surface area (TPSA) is 104 Å². The number of nitrogens with zero attached hydrogens (tertiary/aromatic N) is 5. The Morgan fingerprint density at radius 2 is 1.70 bits per heavy atom. The van der Waals surface area contributed by atoms with E-state index in [1.165, 1.54) is 27.5 Å². The highest BCUT2D eigenvalue weighted by molar-refractivity contribution is 5.76. The maximum absolute atomic E-state index is 13.0. The van der Waals surface area contributed by atoms with Crippen LogP contribution in [0, 0.1) is 12.8 Å². The molecule has 3 heterocycles. The molecule has 156 valence electrons. The Labute approximate surface area is 171 Å². The summed E-state index contributed by atoms with van der Waals surface area (Å²) in [5, 5.41) is 10.7. The molecule has 0 amide bonds. The summed E-state index contributed by atoms with van der Waals surface area (Å²) in [6, 6.07) is 9.36. The Morgan fingerprint density at radius 3 is 2.33 bits per heavy atom. The molecule has 0 aliphatic rings. The van der Waals surface area contributed by atoms with Gasteiger partial charge in [-0.25, -0.2) is 9.20 Å². The zero-order valence-electron chi connectivity index (χ0n) is 17.3. The molecule has 0 aliphatic heterocycles. The van der Waals surface area contributed by atoms with Crippen LogP contribution in [0.3, 0.4) is 0 Å². The van der Waals surface area contributed by atoms with Crippen LogP contribution < -0.4 is 16.8 Å². The number of aromatic nitrogens is 5. The third-order valence-corrected chi connectivity index (χ3v) is 5.21. The van der Waals surface area contributed by atoms with E-state index in [1.807, 2.05) is 44.2 Å². The van der Waals surface area contributed by atoms with Crippen LogP contribution in [0.4, 0.5) is 0 Å². The first-order chi connectivity index (χ1) is 14.2. The van der Waals surface area contributed by atoms with Crippen molar-refractivity contribution < 1.29 is 5.11 Å². The molecule has 0 aliphatic carbocycles. The second-order valence-corrected chi connectivity index (χ2v) is 7.90. The summed E-state index contributed by atoms with van der Waals surface area (Å²) in [6.07, 6.45) is 0. The molecule has 9 nitrogen and oxygen atoms in total. The predicted molar refractivity (Wildman–Crippen MR) is 113 cm³/mol. The lowest BCUT2D eigenvalue weighted by Gasteiger charge is -2.12. The highest BCUT2D eigenvalue weighted by atomic mass is 16.3. The average Bonchev–Trinajstić information content (AvgIpc) is 3.12. The van der Waals surface area contributed by atoms with Gasteiger partial charge < -0.3 is 5.11 Å². The maximum Gasteiger partial charge on any atom is 0.332 e. The molecular formula is C21H23N5O4. The first-order valence-corrected chi connectivity index (χ1v) is 9.70. The second-order valence-electron chi connectivity index (χ2n) is 7.90. The molecule has 0 bridgehead atoms. The van der Waals surface area contributed by atoms with Crippen LogP contribution in [0.15, 0.2) is 44.7 Å². The number of fused-ring (bicyclic) bond motifs is 3. The Kier molecular flexibility index (Phi) is 4.60. The van der Waals surface area contributed by atoms with Crippen molar-refractivity contribution in [2.24, 2.45) is 13.0 Å². The Balaban J connectivity index is 2.19. The molecule has 4 aromatic rings. The smallest absolute Gasteiger partial charge is 0.332 e. The molecule has 0 saturated heterocycles. The van der Waals surface area contributed by atoms with Crippen LogP contribution in [0.1, 0.15) is 25.0 Å². The molecule has 1 aromatic carbocycles. The van der Waals surface area contributed by atoms with Crippen LogP contribution in [-0.4, -0.2) is 28.2 Å². The van der Waals surface area contributed by atoms with Gasteiger partial charge in [0.05, 0.1) is 12.1 Å². The van der Waals surface area contributed by atoms with Crippen molar-refractivity contribution in [3.05, 3.63) is 72.7 Å². The van der Waals surface area contributed by atoms with Gasteiger partial charge in [-0.1, -0.05) is 44.2 Å². The molecule has 9 heteroatoms. The van der Waals surface area contributed by atoms with Crippen LogP contribution >= 0.6 is 0 Å². The van der Waals surface area contributed by atoms with E-state index >= 15 is 0 Å². The molecule has 0 saturated carbocycles. The van der Waals surface area contributed by atoms with Crippen molar-refractivity contribution >= 4 is 16.9 Å². The van der Waals surface area contributed by atoms with Gasteiger partial charge in [-0.3, -0.25) is 23.3 Å². The molecule has 0 radical (unpaired) electrons. The SMILES string of the molecule is Cc1c(O)n2c3c(=O)n(C)c(=O)n(CC(C)C)c3nc2n(Cc2ccccc2)c1=O. The average molecular weight is 409 g/mol. The van der Waals surface area contributed by atoms with Crippen molar-refractivity contribution in [2.75, 3.05) is 0 Å². The molecule has 3 aromatic heterocycles. The van der Waals surface area contributed by atoms with E-state index in [0.29, 0.717) is 6.54 Å². The fraction of sp³-hybridized carbons (Fsp3) is 0.333. The van der Waals surface area contributed by atoms with Gasteiger partial charge in [0.15, 0.2) is 11.2 Å². The zero-order valence-corrected chi connectivity index (χ0v) is 17.3. The lowest BCUT2D eigenvalue weighted by atomic mass is 10.2. The van der Waals surface area contributed by atoms with Gasteiger partial charge in [0.25, 0.3) is 11.1 Å². The normalized spacial score (nSPS) is 11.8. The summed E-state index contributed by atoms with van der Waals surface area (Å²) in [6.45, 7) is 5.95. The van der Waals surface area contributed by atoms with Gasteiger partial charge >= 0.3 is 5.69 Å². The van der Waals surface area contributed by atoms with Crippen molar-refractivity contribution in [3.8, 4) is 5.88 Å². The highest BCUT2D eigenvalue weighted by Gasteiger charge is 2.23. The van der Waals surface area contributed by atoms with Crippen LogP contribution in [0.2, 0.25) is 0 Å². The Bertz CT molecular complexity index is 1460. The van der Waals surface area contributed by atoms with Gasteiger partial charge in [-0.15, -0.1) is 0 Å². The highest BCUT2D eigenvalue weighted by Crippen LogP contribution is 2.21. The summed E-state index contributed by atoms with van der Waals surface area (Å²) in [5.74, 6) is -0.120. The number of imidazole rings is 1. The molecule has 0 spiro atoms. The minimum atomic E-state index is -0.581. The third-order valence-electron chi connectivity index (χ3n) is 5.21. The van der Waals surface area contributed by atoms with Gasteiger partial charge in [0.1, 0.15) is 0 Å². The van der Waals surface area contributed by atoms with E-state index in [4.69, 9.17) is 0 Å². The van der Waals surface area contributed by atoms with Gasteiger partial charge in [-0.2, -0.15) is 4.98 Å². The number of benzene rings is 1. The summed E-state index contributed by atoms with van der Waals surface area (Å²) in [7, 11) is 1.39. The summed E-state index contributed by atoms with van der Waals surface area (Å²) < 4.78 is 5.10. The standard InChI is InChI=1S/C21H23N5O4/c1-12(2)10-24-16-15(19(29)23(4)21(24)30)26-18(28)13(3)17(27)25(20(26)22-16)11-14-8-6-5-7-9-14/h5-9,12,28H,10-11H2,1-4H3. The van der Waals surface area contributed by atoms with E-state index in [1.54, 1.807) is 0 Å². The van der Waals surface area contributed by atoms with E-state index in [2.05, 4.69) is 4.98 Å². The molecular weight excluding hydrogens is 386 g/mol.